The smallest absolute Gasteiger partial charge is 0.272 e. The highest BCUT2D eigenvalue weighted by Gasteiger charge is 2.15. The number of carbonyl (C=O) groups excluding carboxylic acids is 3. The molecular formula is C28H21BrN2O3S2. The van der Waals surface area contributed by atoms with Crippen LogP contribution >= 0.6 is 39.0 Å². The number of benzene rings is 3. The predicted molar refractivity (Wildman–Crippen MR) is 150 cm³/mol. The predicted octanol–water partition coefficient (Wildman–Crippen LogP) is 6.90. The van der Waals surface area contributed by atoms with Gasteiger partial charge in [-0.05, 0) is 66.1 Å². The van der Waals surface area contributed by atoms with Gasteiger partial charge >= 0.3 is 0 Å². The van der Waals surface area contributed by atoms with E-state index >= 15 is 0 Å². The second-order valence-electron chi connectivity index (χ2n) is 7.59. The molecule has 0 fully saturated rings. The van der Waals surface area contributed by atoms with Crippen LogP contribution in [-0.4, -0.2) is 23.4 Å². The molecule has 0 unspecified atom stereocenters. The van der Waals surface area contributed by atoms with Gasteiger partial charge in [0, 0.05) is 31.1 Å². The van der Waals surface area contributed by atoms with Crippen molar-refractivity contribution >= 4 is 68.4 Å². The molecule has 0 radical (unpaired) electrons. The number of hydrogen-bond donors (Lipinski definition) is 2. The van der Waals surface area contributed by atoms with Crippen LogP contribution in [0.15, 0.2) is 111 Å². The van der Waals surface area contributed by atoms with Crippen LogP contribution in [0.5, 0.6) is 0 Å². The Kier molecular flexibility index (Phi) is 8.89. The van der Waals surface area contributed by atoms with E-state index in [0.717, 1.165) is 14.2 Å². The van der Waals surface area contributed by atoms with Gasteiger partial charge in [0.1, 0.15) is 5.70 Å². The Hall–Kier alpha value is -3.46. The second-order valence-corrected chi connectivity index (χ2v) is 10.5. The molecule has 3 aromatic carbocycles. The Morgan fingerprint density at radius 2 is 1.56 bits per heavy atom. The first kappa shape index (κ1) is 25.6. The lowest BCUT2D eigenvalue weighted by molar-refractivity contribution is -0.113. The van der Waals surface area contributed by atoms with E-state index in [2.05, 4.69) is 26.6 Å². The number of Topliss-reactive ketones (excluding diaryl/α,β-unsaturated/α-hetero) is 1. The van der Waals surface area contributed by atoms with E-state index < -0.39 is 5.91 Å². The fraction of sp³-hybridized carbons (Fsp3) is 0.0357. The molecule has 2 N–H and O–H groups in total. The SMILES string of the molecule is O=C(Nc1ccc(SCC(=O)c2ccc(Br)cc2)cc1)/C(=C/c1cccs1)NC(=O)c1ccccc1. The number of thioether (sulfide) groups is 1. The topological polar surface area (TPSA) is 75.3 Å². The van der Waals surface area contributed by atoms with E-state index in [-0.39, 0.29) is 17.4 Å². The zero-order valence-electron chi connectivity index (χ0n) is 18.9. The van der Waals surface area contributed by atoms with E-state index in [1.165, 1.54) is 23.1 Å². The molecule has 5 nitrogen and oxygen atoms in total. The standard InChI is InChI=1S/C28H21BrN2O3S2/c29-21-10-8-19(9-11-21)26(32)18-36-23-14-12-22(13-15-23)30-28(34)25(17-24-7-4-16-35-24)31-27(33)20-5-2-1-3-6-20/h1-17H,18H2,(H,30,34)(H,31,33)/b25-17-. The van der Waals surface area contributed by atoms with Crippen molar-refractivity contribution in [3.8, 4) is 0 Å². The molecule has 36 heavy (non-hydrogen) atoms. The van der Waals surface area contributed by atoms with Gasteiger partial charge in [-0.15, -0.1) is 23.1 Å². The number of amides is 2. The molecule has 1 aromatic heterocycles. The highest BCUT2D eigenvalue weighted by Crippen LogP contribution is 2.23. The van der Waals surface area contributed by atoms with Crippen LogP contribution in [0.3, 0.4) is 0 Å². The largest absolute Gasteiger partial charge is 0.321 e. The lowest BCUT2D eigenvalue weighted by Gasteiger charge is -2.11. The maximum atomic E-state index is 13.0. The van der Waals surface area contributed by atoms with Crippen LogP contribution in [0, 0.1) is 0 Å². The molecule has 8 heteroatoms. The molecular weight excluding hydrogens is 556 g/mol. The average Bonchev–Trinajstić information content (AvgIpc) is 3.42. The summed E-state index contributed by atoms with van der Waals surface area (Å²) in [6.07, 6.45) is 1.65. The number of ketones is 1. The minimum atomic E-state index is -0.432. The van der Waals surface area contributed by atoms with E-state index in [4.69, 9.17) is 0 Å². The summed E-state index contributed by atoms with van der Waals surface area (Å²) < 4.78 is 0.928. The van der Waals surface area contributed by atoms with Gasteiger partial charge < -0.3 is 10.6 Å². The first-order valence-corrected chi connectivity index (χ1v) is 13.6. The summed E-state index contributed by atoms with van der Waals surface area (Å²) in [5.41, 5.74) is 1.85. The molecule has 0 bridgehead atoms. The van der Waals surface area contributed by atoms with Crippen LogP contribution < -0.4 is 10.6 Å². The van der Waals surface area contributed by atoms with Gasteiger partial charge in [-0.3, -0.25) is 14.4 Å². The maximum absolute atomic E-state index is 13.0. The quantitative estimate of drug-likeness (QED) is 0.129. The van der Waals surface area contributed by atoms with Gasteiger partial charge in [-0.25, -0.2) is 0 Å². The highest BCUT2D eigenvalue weighted by molar-refractivity contribution is 9.10. The Labute approximate surface area is 225 Å². The molecule has 4 rings (SSSR count). The van der Waals surface area contributed by atoms with Gasteiger partial charge in [0.2, 0.25) is 0 Å². The highest BCUT2D eigenvalue weighted by atomic mass is 79.9. The zero-order valence-corrected chi connectivity index (χ0v) is 22.2. The van der Waals surface area contributed by atoms with Crippen molar-refractivity contribution < 1.29 is 14.4 Å². The van der Waals surface area contributed by atoms with Gasteiger partial charge in [0.25, 0.3) is 11.8 Å². The summed E-state index contributed by atoms with van der Waals surface area (Å²) in [6, 6.07) is 27.0. The molecule has 0 aliphatic carbocycles. The van der Waals surface area contributed by atoms with Crippen LogP contribution in [-0.2, 0) is 4.79 Å². The van der Waals surface area contributed by atoms with Crippen molar-refractivity contribution in [2.24, 2.45) is 0 Å². The molecule has 0 saturated heterocycles. The number of rotatable bonds is 9. The zero-order chi connectivity index (χ0) is 25.3. The summed E-state index contributed by atoms with van der Waals surface area (Å²) in [7, 11) is 0. The third-order valence-corrected chi connectivity index (χ3v) is 7.37. The maximum Gasteiger partial charge on any atom is 0.272 e. The van der Waals surface area contributed by atoms with Gasteiger partial charge in [0.05, 0.1) is 5.75 Å². The summed E-state index contributed by atoms with van der Waals surface area (Å²) in [6.45, 7) is 0. The molecule has 0 aliphatic heterocycles. The van der Waals surface area contributed by atoms with Crippen molar-refractivity contribution in [3.05, 3.63) is 123 Å². The molecule has 2 amide bonds. The normalized spacial score (nSPS) is 11.1. The van der Waals surface area contributed by atoms with Crippen molar-refractivity contribution in [1.29, 1.82) is 0 Å². The molecule has 0 saturated carbocycles. The third-order valence-electron chi connectivity index (χ3n) is 5.01. The fourth-order valence-corrected chi connectivity index (χ4v) is 4.87. The van der Waals surface area contributed by atoms with Gasteiger partial charge in [0.15, 0.2) is 5.78 Å². The van der Waals surface area contributed by atoms with Crippen LogP contribution in [0.2, 0.25) is 0 Å². The van der Waals surface area contributed by atoms with E-state index in [0.29, 0.717) is 22.6 Å². The lowest BCUT2D eigenvalue weighted by atomic mass is 10.2. The number of thiophene rings is 1. The third kappa shape index (κ3) is 7.27. The van der Waals surface area contributed by atoms with Crippen molar-refractivity contribution in [2.45, 2.75) is 4.90 Å². The number of nitrogens with one attached hydrogen (secondary N) is 2. The van der Waals surface area contributed by atoms with Gasteiger partial charge in [-0.2, -0.15) is 0 Å². The Balaban J connectivity index is 1.40. The fourth-order valence-electron chi connectivity index (χ4n) is 3.16. The molecule has 0 spiro atoms. The summed E-state index contributed by atoms with van der Waals surface area (Å²) >= 11 is 6.27. The van der Waals surface area contributed by atoms with Crippen LogP contribution in [0.4, 0.5) is 5.69 Å². The molecule has 4 aromatic rings. The van der Waals surface area contributed by atoms with E-state index in [9.17, 15) is 14.4 Å². The van der Waals surface area contributed by atoms with Crippen molar-refractivity contribution in [3.63, 3.8) is 0 Å². The van der Waals surface area contributed by atoms with Gasteiger partial charge in [-0.1, -0.05) is 52.3 Å². The van der Waals surface area contributed by atoms with Crippen molar-refractivity contribution in [2.75, 3.05) is 11.1 Å². The number of halogens is 1. The molecule has 0 aliphatic rings. The van der Waals surface area contributed by atoms with Crippen molar-refractivity contribution in [1.82, 2.24) is 5.32 Å². The van der Waals surface area contributed by atoms with E-state index in [1.54, 1.807) is 54.6 Å². The first-order chi connectivity index (χ1) is 17.5. The Bertz CT molecular complexity index is 1370. The molecule has 0 atom stereocenters. The number of carbonyl (C=O) groups is 3. The molecule has 1 heterocycles. The summed E-state index contributed by atoms with van der Waals surface area (Å²) in [4.78, 5) is 39.9. The first-order valence-electron chi connectivity index (χ1n) is 10.9. The van der Waals surface area contributed by atoms with Crippen LogP contribution in [0.1, 0.15) is 25.6 Å². The number of hydrogen-bond acceptors (Lipinski definition) is 5. The second kappa shape index (κ2) is 12.5. The Morgan fingerprint density at radius 3 is 2.22 bits per heavy atom. The lowest BCUT2D eigenvalue weighted by Crippen LogP contribution is -2.30. The minimum Gasteiger partial charge on any atom is -0.321 e. The summed E-state index contributed by atoms with van der Waals surface area (Å²) in [5.74, 6) is -0.441. The van der Waals surface area contributed by atoms with Crippen LogP contribution in [0.25, 0.3) is 6.08 Å². The minimum absolute atomic E-state index is 0.0439. The Morgan fingerprint density at radius 1 is 0.833 bits per heavy atom. The van der Waals surface area contributed by atoms with E-state index in [1.807, 2.05) is 47.8 Å². The summed E-state index contributed by atoms with van der Waals surface area (Å²) in [5, 5.41) is 7.46. The average molecular weight is 578 g/mol. The molecule has 180 valence electrons. The number of anilines is 1. The monoisotopic (exact) mass is 576 g/mol.